The van der Waals surface area contributed by atoms with Crippen LogP contribution in [0.1, 0.15) is 47.7 Å². The Balaban J connectivity index is 2.19. The van der Waals surface area contributed by atoms with Crippen molar-refractivity contribution in [2.45, 2.75) is 31.0 Å². The topological polar surface area (TPSA) is 0 Å². The van der Waals surface area contributed by atoms with Gasteiger partial charge >= 0.3 is 0 Å². The SMILES string of the molecule is CCC(C)c1ccc(C(Br)c2ccc(I)cc2)cc1. The van der Waals surface area contributed by atoms with Gasteiger partial charge in [-0.15, -0.1) is 0 Å². The molecule has 2 rings (SSSR count). The molecular formula is C17H18BrI. The molecule has 0 nitrogen and oxygen atoms in total. The van der Waals surface area contributed by atoms with Crippen molar-refractivity contribution in [1.82, 2.24) is 0 Å². The van der Waals surface area contributed by atoms with Crippen LogP contribution in [0.25, 0.3) is 0 Å². The first-order valence-electron chi connectivity index (χ1n) is 6.61. The number of benzene rings is 2. The molecule has 2 unspecified atom stereocenters. The molecule has 0 aromatic heterocycles. The molecular weight excluding hydrogens is 411 g/mol. The average Bonchev–Trinajstić information content (AvgIpc) is 2.46. The number of rotatable bonds is 4. The Bertz CT molecular complexity index is 516. The van der Waals surface area contributed by atoms with Crippen LogP contribution in [0.4, 0.5) is 0 Å². The van der Waals surface area contributed by atoms with Gasteiger partial charge in [0.05, 0.1) is 4.83 Å². The summed E-state index contributed by atoms with van der Waals surface area (Å²) in [4.78, 5) is 0.274. The highest BCUT2D eigenvalue weighted by Crippen LogP contribution is 2.32. The van der Waals surface area contributed by atoms with Gasteiger partial charge in [0, 0.05) is 3.57 Å². The molecule has 2 aromatic carbocycles. The van der Waals surface area contributed by atoms with E-state index in [0.717, 1.165) is 0 Å². The van der Waals surface area contributed by atoms with E-state index >= 15 is 0 Å². The molecule has 0 N–H and O–H groups in total. The summed E-state index contributed by atoms with van der Waals surface area (Å²) in [6.07, 6.45) is 1.19. The molecule has 0 amide bonds. The summed E-state index contributed by atoms with van der Waals surface area (Å²) in [7, 11) is 0. The van der Waals surface area contributed by atoms with E-state index in [2.05, 4.69) is 101 Å². The normalized spacial score (nSPS) is 14.1. The lowest BCUT2D eigenvalue weighted by Crippen LogP contribution is -1.95. The van der Waals surface area contributed by atoms with Gasteiger partial charge in [-0.25, -0.2) is 0 Å². The molecule has 0 radical (unpaired) electrons. The molecule has 0 aliphatic carbocycles. The summed E-state index contributed by atoms with van der Waals surface area (Å²) >= 11 is 6.13. The van der Waals surface area contributed by atoms with E-state index in [-0.39, 0.29) is 4.83 Å². The lowest BCUT2D eigenvalue weighted by Gasteiger charge is -2.14. The fourth-order valence-electron chi connectivity index (χ4n) is 2.05. The summed E-state index contributed by atoms with van der Waals surface area (Å²) in [5, 5.41) is 0. The van der Waals surface area contributed by atoms with Crippen LogP contribution < -0.4 is 0 Å². The molecule has 0 spiro atoms. The Kier molecular flexibility index (Phi) is 5.46. The minimum Gasteiger partial charge on any atom is -0.0786 e. The van der Waals surface area contributed by atoms with Crippen LogP contribution in [0.15, 0.2) is 48.5 Å². The van der Waals surface area contributed by atoms with E-state index in [1.807, 2.05) is 0 Å². The van der Waals surface area contributed by atoms with E-state index in [4.69, 9.17) is 0 Å². The zero-order chi connectivity index (χ0) is 13.8. The third-order valence-corrected chi connectivity index (χ3v) is 5.35. The molecule has 0 aliphatic heterocycles. The third-order valence-electron chi connectivity index (χ3n) is 3.57. The predicted molar refractivity (Wildman–Crippen MR) is 95.1 cm³/mol. The first kappa shape index (κ1) is 15.0. The molecule has 2 aromatic rings. The Labute approximate surface area is 137 Å². The Morgan fingerprint density at radius 2 is 1.32 bits per heavy atom. The van der Waals surface area contributed by atoms with Crippen LogP contribution in [-0.2, 0) is 0 Å². The molecule has 0 bridgehead atoms. The van der Waals surface area contributed by atoms with Gasteiger partial charge in [0.1, 0.15) is 0 Å². The fraction of sp³-hybridized carbons (Fsp3) is 0.294. The molecule has 0 saturated carbocycles. The van der Waals surface area contributed by atoms with Crippen LogP contribution in [0.3, 0.4) is 0 Å². The van der Waals surface area contributed by atoms with Gasteiger partial charge in [-0.2, -0.15) is 0 Å². The van der Waals surface area contributed by atoms with Gasteiger partial charge < -0.3 is 0 Å². The molecule has 100 valence electrons. The number of halogens is 2. The van der Waals surface area contributed by atoms with Crippen molar-refractivity contribution >= 4 is 38.5 Å². The number of alkyl halides is 1. The monoisotopic (exact) mass is 428 g/mol. The van der Waals surface area contributed by atoms with Gasteiger partial charge in [0.15, 0.2) is 0 Å². The highest BCUT2D eigenvalue weighted by atomic mass is 127. The second-order valence-corrected chi connectivity index (χ2v) is 7.05. The fourth-order valence-corrected chi connectivity index (χ4v) is 3.02. The quantitative estimate of drug-likeness (QED) is 0.396. The first-order valence-corrected chi connectivity index (χ1v) is 8.60. The molecule has 0 heterocycles. The lowest BCUT2D eigenvalue weighted by atomic mass is 9.96. The maximum absolute atomic E-state index is 3.79. The van der Waals surface area contributed by atoms with Crippen LogP contribution in [-0.4, -0.2) is 0 Å². The third kappa shape index (κ3) is 3.82. The molecule has 19 heavy (non-hydrogen) atoms. The van der Waals surface area contributed by atoms with Crippen molar-refractivity contribution in [2.75, 3.05) is 0 Å². The van der Waals surface area contributed by atoms with E-state index < -0.39 is 0 Å². The first-order chi connectivity index (χ1) is 9.11. The van der Waals surface area contributed by atoms with E-state index in [1.54, 1.807) is 0 Å². The van der Waals surface area contributed by atoms with Crippen molar-refractivity contribution in [3.63, 3.8) is 0 Å². The highest BCUT2D eigenvalue weighted by molar-refractivity contribution is 14.1. The van der Waals surface area contributed by atoms with Gasteiger partial charge in [0.25, 0.3) is 0 Å². The molecule has 2 heteroatoms. The number of hydrogen-bond donors (Lipinski definition) is 0. The van der Waals surface area contributed by atoms with Crippen molar-refractivity contribution in [1.29, 1.82) is 0 Å². The minimum absolute atomic E-state index is 0.274. The second-order valence-electron chi connectivity index (χ2n) is 4.89. The van der Waals surface area contributed by atoms with Gasteiger partial charge in [-0.05, 0) is 63.8 Å². The average molecular weight is 429 g/mol. The maximum atomic E-state index is 3.79. The van der Waals surface area contributed by atoms with E-state index in [0.29, 0.717) is 5.92 Å². The summed E-state index contributed by atoms with van der Waals surface area (Å²) in [5.74, 6) is 0.640. The second kappa shape index (κ2) is 6.89. The van der Waals surface area contributed by atoms with Crippen LogP contribution in [0.5, 0.6) is 0 Å². The van der Waals surface area contributed by atoms with Crippen LogP contribution in [0, 0.1) is 3.57 Å². The Hall–Kier alpha value is -0.350. The molecule has 0 saturated heterocycles. The zero-order valence-corrected chi connectivity index (χ0v) is 15.0. The largest absolute Gasteiger partial charge is 0.0786 e. The van der Waals surface area contributed by atoms with E-state index in [1.165, 1.54) is 26.7 Å². The smallest absolute Gasteiger partial charge is 0.0644 e. The van der Waals surface area contributed by atoms with Crippen molar-refractivity contribution in [3.05, 3.63) is 68.8 Å². The van der Waals surface area contributed by atoms with Crippen molar-refractivity contribution < 1.29 is 0 Å². The van der Waals surface area contributed by atoms with Crippen molar-refractivity contribution in [3.8, 4) is 0 Å². The van der Waals surface area contributed by atoms with Gasteiger partial charge in [-0.1, -0.05) is 66.2 Å². The molecule has 0 fully saturated rings. The predicted octanol–water partition coefficient (Wildman–Crippen LogP) is 6.29. The maximum Gasteiger partial charge on any atom is 0.0644 e. The van der Waals surface area contributed by atoms with E-state index in [9.17, 15) is 0 Å². The lowest BCUT2D eigenvalue weighted by molar-refractivity contribution is 0.733. The highest BCUT2D eigenvalue weighted by Gasteiger charge is 2.11. The Morgan fingerprint density at radius 3 is 1.79 bits per heavy atom. The zero-order valence-electron chi connectivity index (χ0n) is 11.2. The minimum atomic E-state index is 0.274. The number of hydrogen-bond acceptors (Lipinski definition) is 0. The summed E-state index contributed by atoms with van der Waals surface area (Å²) in [5.41, 5.74) is 4.04. The summed E-state index contributed by atoms with van der Waals surface area (Å²) in [6, 6.07) is 17.6. The van der Waals surface area contributed by atoms with Crippen molar-refractivity contribution in [2.24, 2.45) is 0 Å². The van der Waals surface area contributed by atoms with Crippen LogP contribution in [0.2, 0.25) is 0 Å². The van der Waals surface area contributed by atoms with Crippen LogP contribution >= 0.6 is 38.5 Å². The summed E-state index contributed by atoms with van der Waals surface area (Å²) in [6.45, 7) is 4.51. The summed E-state index contributed by atoms with van der Waals surface area (Å²) < 4.78 is 1.27. The Morgan fingerprint density at radius 1 is 0.895 bits per heavy atom. The molecule has 2 atom stereocenters. The van der Waals surface area contributed by atoms with Gasteiger partial charge in [-0.3, -0.25) is 0 Å². The standard InChI is InChI=1S/C17H18BrI/c1-3-12(2)13-4-6-14(7-5-13)17(18)15-8-10-16(19)11-9-15/h4-12,17H,3H2,1-2H3. The van der Waals surface area contributed by atoms with Gasteiger partial charge in [0.2, 0.25) is 0 Å². The molecule has 0 aliphatic rings.